The van der Waals surface area contributed by atoms with E-state index < -0.39 is 15.8 Å². The highest BCUT2D eigenvalue weighted by atomic mass is 35.5. The van der Waals surface area contributed by atoms with Gasteiger partial charge in [0.05, 0.1) is 4.90 Å². The Morgan fingerprint density at radius 2 is 1.59 bits per heavy atom. The smallest absolute Gasteiger partial charge is 0.261 e. The van der Waals surface area contributed by atoms with E-state index in [1.165, 1.54) is 24.3 Å². The second-order valence-corrected chi connectivity index (χ2v) is 7.95. The number of piperidine rings is 1. The molecule has 0 atom stereocenters. The third kappa shape index (κ3) is 5.18. The minimum atomic E-state index is -3.82. The fraction of sp³-hybridized carbons (Fsp3) is 0.278. The van der Waals surface area contributed by atoms with Crippen LogP contribution >= 0.6 is 12.4 Å². The summed E-state index contributed by atoms with van der Waals surface area (Å²) in [5, 5.41) is 0. The van der Waals surface area contributed by atoms with Crippen LogP contribution in [0.25, 0.3) is 0 Å². The second kappa shape index (κ2) is 8.69. The summed E-state index contributed by atoms with van der Waals surface area (Å²) in [4.78, 5) is 14.2. The summed E-state index contributed by atoms with van der Waals surface area (Å²) in [5.41, 5.74) is 6.66. The summed E-state index contributed by atoms with van der Waals surface area (Å²) < 4.78 is 39.9. The molecule has 0 radical (unpaired) electrons. The summed E-state index contributed by atoms with van der Waals surface area (Å²) in [6.45, 7) is 1.25. The molecule has 1 aliphatic heterocycles. The molecular weight excluding hydrogens is 393 g/mol. The van der Waals surface area contributed by atoms with E-state index in [4.69, 9.17) is 5.73 Å². The van der Waals surface area contributed by atoms with Crippen LogP contribution in [0.3, 0.4) is 0 Å². The van der Waals surface area contributed by atoms with Gasteiger partial charge in [0.25, 0.3) is 15.9 Å². The quantitative estimate of drug-likeness (QED) is 0.805. The fourth-order valence-corrected chi connectivity index (χ4v) is 3.85. The Morgan fingerprint density at radius 3 is 2.15 bits per heavy atom. The molecule has 0 unspecified atom stereocenters. The van der Waals surface area contributed by atoms with Gasteiger partial charge >= 0.3 is 0 Å². The lowest BCUT2D eigenvalue weighted by molar-refractivity contribution is 0.0715. The molecule has 1 amide bonds. The van der Waals surface area contributed by atoms with Crippen molar-refractivity contribution in [3.05, 3.63) is 59.9 Å². The van der Waals surface area contributed by atoms with Crippen LogP contribution in [0.5, 0.6) is 0 Å². The van der Waals surface area contributed by atoms with Crippen molar-refractivity contribution in [3.63, 3.8) is 0 Å². The van der Waals surface area contributed by atoms with Gasteiger partial charge < -0.3 is 10.6 Å². The number of carbonyl (C=O) groups is 1. The number of nitrogens with zero attached hydrogens (tertiary/aromatic N) is 1. The Morgan fingerprint density at radius 1 is 1.04 bits per heavy atom. The predicted octanol–water partition coefficient (Wildman–Crippen LogP) is 2.61. The maximum atomic E-state index is 12.9. The highest BCUT2D eigenvalue weighted by Gasteiger charge is 2.22. The van der Waals surface area contributed by atoms with Crippen molar-refractivity contribution in [1.29, 1.82) is 0 Å². The molecule has 0 aliphatic carbocycles. The molecule has 3 rings (SSSR count). The molecule has 0 saturated carbocycles. The van der Waals surface area contributed by atoms with Gasteiger partial charge in [-0.15, -0.1) is 12.4 Å². The standard InChI is InChI=1S/C18H20FN3O3S.ClH/c19-14-3-7-17(8-4-14)26(24,25)21-16-5-1-13(2-6-16)18(23)22-11-9-15(20)10-12-22;/h1-8,15,21H,9-12,20H2;1H. The van der Waals surface area contributed by atoms with E-state index in [9.17, 15) is 17.6 Å². The van der Waals surface area contributed by atoms with Crippen molar-refractivity contribution in [2.75, 3.05) is 17.8 Å². The lowest BCUT2D eigenvalue weighted by Crippen LogP contribution is -2.42. The van der Waals surface area contributed by atoms with Gasteiger partial charge in [-0.25, -0.2) is 12.8 Å². The highest BCUT2D eigenvalue weighted by Crippen LogP contribution is 2.19. The minimum Gasteiger partial charge on any atom is -0.339 e. The summed E-state index contributed by atoms with van der Waals surface area (Å²) in [7, 11) is -3.82. The first-order valence-electron chi connectivity index (χ1n) is 8.28. The average molecular weight is 414 g/mol. The Labute approximate surface area is 164 Å². The lowest BCUT2D eigenvalue weighted by atomic mass is 10.0. The topological polar surface area (TPSA) is 92.5 Å². The number of nitrogens with one attached hydrogen (secondary N) is 1. The Hall–Kier alpha value is -2.16. The number of hydrogen-bond donors (Lipinski definition) is 2. The molecule has 2 aromatic carbocycles. The minimum absolute atomic E-state index is 0. The van der Waals surface area contributed by atoms with Crippen LogP contribution in [-0.4, -0.2) is 38.4 Å². The first-order valence-corrected chi connectivity index (χ1v) is 9.77. The second-order valence-electron chi connectivity index (χ2n) is 6.27. The normalized spacial score (nSPS) is 15.1. The number of rotatable bonds is 4. The number of likely N-dealkylation sites (tertiary alicyclic amines) is 1. The zero-order valence-corrected chi connectivity index (χ0v) is 16.1. The molecule has 1 fully saturated rings. The molecule has 0 spiro atoms. The van der Waals surface area contributed by atoms with E-state index in [0.29, 0.717) is 24.3 Å². The van der Waals surface area contributed by atoms with E-state index in [-0.39, 0.29) is 29.3 Å². The largest absolute Gasteiger partial charge is 0.339 e. The van der Waals surface area contributed by atoms with Crippen LogP contribution in [0.2, 0.25) is 0 Å². The number of nitrogens with two attached hydrogens (primary N) is 1. The molecule has 2 aromatic rings. The van der Waals surface area contributed by atoms with Crippen LogP contribution in [0, 0.1) is 5.82 Å². The summed E-state index contributed by atoms with van der Waals surface area (Å²) in [6.07, 6.45) is 1.56. The third-order valence-corrected chi connectivity index (χ3v) is 5.73. The number of halogens is 2. The molecule has 146 valence electrons. The van der Waals surface area contributed by atoms with E-state index >= 15 is 0 Å². The number of amides is 1. The third-order valence-electron chi connectivity index (χ3n) is 4.33. The molecule has 0 bridgehead atoms. The van der Waals surface area contributed by atoms with Crippen LogP contribution in [0.15, 0.2) is 53.4 Å². The number of anilines is 1. The molecule has 1 saturated heterocycles. The maximum absolute atomic E-state index is 12.9. The highest BCUT2D eigenvalue weighted by molar-refractivity contribution is 7.92. The van der Waals surface area contributed by atoms with E-state index in [1.807, 2.05) is 0 Å². The maximum Gasteiger partial charge on any atom is 0.261 e. The van der Waals surface area contributed by atoms with Gasteiger partial charge in [0.1, 0.15) is 5.82 Å². The van der Waals surface area contributed by atoms with Crippen molar-refractivity contribution in [2.45, 2.75) is 23.8 Å². The van der Waals surface area contributed by atoms with Crippen molar-refractivity contribution in [1.82, 2.24) is 4.90 Å². The molecule has 3 N–H and O–H groups in total. The first kappa shape index (κ1) is 21.1. The molecule has 6 nitrogen and oxygen atoms in total. The molecule has 27 heavy (non-hydrogen) atoms. The van der Waals surface area contributed by atoms with Gasteiger partial charge in [-0.1, -0.05) is 0 Å². The molecule has 0 aromatic heterocycles. The van der Waals surface area contributed by atoms with E-state index in [0.717, 1.165) is 25.0 Å². The van der Waals surface area contributed by atoms with Crippen molar-refractivity contribution >= 4 is 34.0 Å². The summed E-state index contributed by atoms with van der Waals surface area (Å²) in [6, 6.07) is 10.9. The van der Waals surface area contributed by atoms with E-state index in [2.05, 4.69) is 4.72 Å². The Balaban J connectivity index is 0.00000261. The van der Waals surface area contributed by atoms with E-state index in [1.54, 1.807) is 17.0 Å². The zero-order valence-electron chi connectivity index (χ0n) is 14.5. The summed E-state index contributed by atoms with van der Waals surface area (Å²) >= 11 is 0. The van der Waals surface area contributed by atoms with Crippen LogP contribution < -0.4 is 10.5 Å². The van der Waals surface area contributed by atoms with Crippen molar-refractivity contribution in [2.24, 2.45) is 5.73 Å². The fourth-order valence-electron chi connectivity index (χ4n) is 2.79. The molecule has 1 heterocycles. The number of benzene rings is 2. The van der Waals surface area contributed by atoms with Gasteiger partial charge in [-0.3, -0.25) is 9.52 Å². The van der Waals surface area contributed by atoms with Crippen molar-refractivity contribution < 1.29 is 17.6 Å². The summed E-state index contributed by atoms with van der Waals surface area (Å²) in [5.74, 6) is -0.602. The predicted molar refractivity (Wildman–Crippen MR) is 104 cm³/mol. The number of carbonyl (C=O) groups excluding carboxylic acids is 1. The van der Waals surface area contributed by atoms with Gasteiger partial charge in [0, 0.05) is 30.4 Å². The SMILES string of the molecule is Cl.NC1CCN(C(=O)c2ccc(NS(=O)(=O)c3ccc(F)cc3)cc2)CC1. The van der Waals surface area contributed by atoms with Crippen LogP contribution in [0.4, 0.5) is 10.1 Å². The average Bonchev–Trinajstić information content (AvgIpc) is 2.62. The molecule has 9 heteroatoms. The van der Waals surface area contributed by atoms with Gasteiger partial charge in [0.2, 0.25) is 0 Å². The lowest BCUT2D eigenvalue weighted by Gasteiger charge is -2.30. The van der Waals surface area contributed by atoms with Crippen LogP contribution in [-0.2, 0) is 10.0 Å². The van der Waals surface area contributed by atoms with Crippen molar-refractivity contribution in [3.8, 4) is 0 Å². The molecular formula is C18H21ClFN3O3S. The Bertz CT molecular complexity index is 881. The first-order chi connectivity index (χ1) is 12.3. The van der Waals surface area contributed by atoms with Gasteiger partial charge in [-0.2, -0.15) is 0 Å². The Kier molecular flexibility index (Phi) is 6.80. The molecule has 1 aliphatic rings. The van der Waals surface area contributed by atoms with Gasteiger partial charge in [-0.05, 0) is 61.4 Å². The van der Waals surface area contributed by atoms with Gasteiger partial charge in [0.15, 0.2) is 0 Å². The number of hydrogen-bond acceptors (Lipinski definition) is 4. The monoisotopic (exact) mass is 413 g/mol. The number of sulfonamides is 1. The van der Waals surface area contributed by atoms with Crippen LogP contribution in [0.1, 0.15) is 23.2 Å². The zero-order chi connectivity index (χ0) is 18.7.